The van der Waals surface area contributed by atoms with Crippen LogP contribution in [0.3, 0.4) is 0 Å². The number of aromatic nitrogens is 3. The first-order valence-corrected chi connectivity index (χ1v) is 6.96. The number of allylic oxidation sites excluding steroid dienone is 1. The van der Waals surface area contributed by atoms with Crippen LogP contribution >= 0.6 is 0 Å². The molecule has 7 heteroatoms. The predicted molar refractivity (Wildman–Crippen MR) is 83.5 cm³/mol. The van der Waals surface area contributed by atoms with Gasteiger partial charge in [0.1, 0.15) is 17.6 Å². The van der Waals surface area contributed by atoms with E-state index < -0.39 is 12.3 Å². The van der Waals surface area contributed by atoms with Crippen LogP contribution in [-0.4, -0.2) is 14.5 Å². The van der Waals surface area contributed by atoms with Gasteiger partial charge >= 0.3 is 0 Å². The number of fused-ring (bicyclic) bond motifs is 1. The number of hydrazine groups is 1. The summed E-state index contributed by atoms with van der Waals surface area (Å²) in [7, 11) is 0. The molecule has 0 bridgehead atoms. The molecule has 3 aromatic rings. The summed E-state index contributed by atoms with van der Waals surface area (Å²) in [6, 6.07) is 7.67. The molecule has 1 aromatic carbocycles. The second-order valence-electron chi connectivity index (χ2n) is 5.01. The van der Waals surface area contributed by atoms with Crippen LogP contribution in [0.15, 0.2) is 54.7 Å². The maximum absolute atomic E-state index is 14.6. The van der Waals surface area contributed by atoms with Crippen molar-refractivity contribution in [2.75, 3.05) is 5.01 Å². The lowest BCUT2D eigenvalue weighted by Crippen LogP contribution is -2.32. The average molecular weight is 313 g/mol. The van der Waals surface area contributed by atoms with Gasteiger partial charge in [0.15, 0.2) is 0 Å². The first-order valence-electron chi connectivity index (χ1n) is 7.96. The predicted octanol–water partition coefficient (Wildman–Crippen LogP) is 2.74. The highest BCUT2D eigenvalue weighted by molar-refractivity contribution is 5.80. The van der Waals surface area contributed by atoms with Crippen molar-refractivity contribution in [2.45, 2.75) is 13.4 Å². The highest BCUT2D eigenvalue weighted by Crippen LogP contribution is 2.28. The summed E-state index contributed by atoms with van der Waals surface area (Å²) in [4.78, 5) is 13.4. The van der Waals surface area contributed by atoms with Gasteiger partial charge < -0.3 is 9.40 Å². The molecule has 0 radical (unpaired) electrons. The van der Waals surface area contributed by atoms with E-state index in [1.807, 2.05) is 0 Å². The Morgan fingerprint density at radius 3 is 3.00 bits per heavy atom. The van der Waals surface area contributed by atoms with Crippen LogP contribution in [0.5, 0.6) is 0 Å². The Morgan fingerprint density at radius 2 is 2.26 bits per heavy atom. The molecule has 0 spiro atoms. The molecule has 3 heterocycles. The number of benzene rings is 1. The Morgan fingerprint density at radius 1 is 1.35 bits per heavy atom. The van der Waals surface area contributed by atoms with E-state index in [9.17, 15) is 4.39 Å². The summed E-state index contributed by atoms with van der Waals surface area (Å²) in [5, 5.41) is 1.45. The van der Waals surface area contributed by atoms with Crippen LogP contribution < -0.4 is 10.6 Å². The van der Waals surface area contributed by atoms with Crippen LogP contribution in [0.2, 0.25) is 0 Å². The van der Waals surface area contributed by atoms with Gasteiger partial charge in [-0.3, -0.25) is 4.98 Å². The molecule has 0 aliphatic carbocycles. The van der Waals surface area contributed by atoms with Gasteiger partial charge in [-0.1, -0.05) is 17.7 Å². The van der Waals surface area contributed by atoms with Crippen LogP contribution in [-0.2, 0) is 11.3 Å². The molecule has 0 atom stereocenters. The number of rotatable bonds is 3. The zero-order chi connectivity index (χ0) is 17.6. The second-order valence-corrected chi connectivity index (χ2v) is 5.01. The smallest absolute Gasteiger partial charge is 0.228 e. The topological polar surface area (TPSA) is 55.2 Å². The van der Waals surface area contributed by atoms with Gasteiger partial charge in [0.05, 0.1) is 20.5 Å². The maximum atomic E-state index is 14.6. The van der Waals surface area contributed by atoms with Crippen LogP contribution in [0.4, 0.5) is 10.3 Å². The molecule has 0 saturated heterocycles. The highest BCUT2D eigenvalue weighted by Gasteiger charge is 2.23. The Hall–Kier alpha value is -2.93. The molecule has 1 aliphatic rings. The van der Waals surface area contributed by atoms with Crippen molar-refractivity contribution in [2.24, 2.45) is 0 Å². The molecule has 4 rings (SSSR count). The zero-order valence-corrected chi connectivity index (χ0v) is 12.2. The fourth-order valence-electron chi connectivity index (χ4n) is 2.37. The van der Waals surface area contributed by atoms with Gasteiger partial charge in [0.25, 0.3) is 0 Å². The van der Waals surface area contributed by atoms with Crippen LogP contribution in [0, 0.1) is 5.82 Å². The number of anilines is 1. The SMILES string of the molecule is [2H]C([2H])(c1cccnc1)n1c(N2NOC=C2C)nc2cccc(F)c21. The van der Waals surface area contributed by atoms with E-state index >= 15 is 0 Å². The molecule has 6 nitrogen and oxygen atoms in total. The minimum absolute atomic E-state index is 0.0628. The molecule has 23 heavy (non-hydrogen) atoms. The van der Waals surface area contributed by atoms with Gasteiger partial charge in [0, 0.05) is 12.4 Å². The van der Waals surface area contributed by atoms with Crippen molar-refractivity contribution in [3.05, 3.63) is 66.1 Å². The van der Waals surface area contributed by atoms with E-state index in [1.165, 1.54) is 34.2 Å². The van der Waals surface area contributed by atoms with Crippen LogP contribution in [0.1, 0.15) is 15.2 Å². The van der Waals surface area contributed by atoms with E-state index in [4.69, 9.17) is 7.58 Å². The summed E-state index contributed by atoms with van der Waals surface area (Å²) in [6.07, 6.45) is 4.42. The van der Waals surface area contributed by atoms with Crippen molar-refractivity contribution in [1.29, 1.82) is 0 Å². The van der Waals surface area contributed by atoms with Crippen LogP contribution in [0.25, 0.3) is 11.0 Å². The van der Waals surface area contributed by atoms with Gasteiger partial charge in [-0.15, -0.1) is 0 Å². The minimum Gasteiger partial charge on any atom is -0.394 e. The third kappa shape index (κ3) is 2.31. The number of hydrogen-bond donors (Lipinski definition) is 1. The Labute approximate surface area is 134 Å². The van der Waals surface area contributed by atoms with E-state index in [0.29, 0.717) is 11.2 Å². The minimum atomic E-state index is -2.09. The number of hydrogen-bond acceptors (Lipinski definition) is 5. The van der Waals surface area contributed by atoms with Crippen molar-refractivity contribution < 1.29 is 12.0 Å². The van der Waals surface area contributed by atoms with E-state index in [0.717, 1.165) is 0 Å². The Kier molecular flexibility index (Phi) is 2.71. The molecule has 2 aromatic heterocycles. The van der Waals surface area contributed by atoms with Crippen molar-refractivity contribution >= 4 is 17.0 Å². The number of para-hydroxylation sites is 1. The van der Waals surface area contributed by atoms with E-state index in [-0.39, 0.29) is 17.0 Å². The molecule has 1 aliphatic heterocycles. The largest absolute Gasteiger partial charge is 0.394 e. The van der Waals surface area contributed by atoms with Crippen molar-refractivity contribution in [3.63, 3.8) is 0 Å². The summed E-state index contributed by atoms with van der Waals surface area (Å²) in [5.74, 6) is -0.397. The number of nitrogens with one attached hydrogen (secondary N) is 1. The number of halogens is 1. The third-order valence-corrected chi connectivity index (χ3v) is 3.44. The van der Waals surface area contributed by atoms with Crippen molar-refractivity contribution in [1.82, 2.24) is 20.1 Å². The summed E-state index contributed by atoms with van der Waals surface area (Å²) in [6.45, 7) is -0.329. The molecule has 1 N–H and O–H groups in total. The second kappa shape index (κ2) is 5.36. The van der Waals surface area contributed by atoms with E-state index in [2.05, 4.69) is 15.6 Å². The monoisotopic (exact) mass is 313 g/mol. The molecule has 0 saturated carbocycles. The lowest BCUT2D eigenvalue weighted by atomic mass is 10.2. The van der Waals surface area contributed by atoms with Gasteiger partial charge in [-0.05, 0) is 30.7 Å². The number of pyridine rings is 1. The molecule has 0 unspecified atom stereocenters. The maximum Gasteiger partial charge on any atom is 0.228 e. The standard InChI is InChI=1S/C16H14FN5O/c1-11-10-23-20-22(11)16-19-14-6-2-5-13(17)15(14)21(16)9-12-4-3-7-18-8-12/h2-8,10,20H,9H2,1H3/i9D2. The molecule has 0 amide bonds. The van der Waals surface area contributed by atoms with Crippen molar-refractivity contribution in [3.8, 4) is 0 Å². The molecular formula is C16H14FN5O. The fraction of sp³-hybridized carbons (Fsp3) is 0.125. The first kappa shape index (κ1) is 11.6. The zero-order valence-electron chi connectivity index (χ0n) is 14.2. The Balaban J connectivity index is 2.02. The fourth-order valence-corrected chi connectivity index (χ4v) is 2.37. The highest BCUT2D eigenvalue weighted by atomic mass is 19.1. The Bertz CT molecular complexity index is 973. The summed E-state index contributed by atoms with van der Waals surface area (Å²) >= 11 is 0. The molecular weight excluding hydrogens is 297 g/mol. The third-order valence-electron chi connectivity index (χ3n) is 3.44. The number of nitrogens with zero attached hydrogens (tertiary/aromatic N) is 4. The average Bonchev–Trinajstić information content (AvgIpc) is 3.20. The number of imidazole rings is 1. The van der Waals surface area contributed by atoms with Gasteiger partial charge in [-0.2, -0.15) is 0 Å². The van der Waals surface area contributed by atoms with E-state index in [1.54, 1.807) is 31.3 Å². The quantitative estimate of drug-likeness (QED) is 0.806. The molecule has 0 fully saturated rings. The lowest BCUT2D eigenvalue weighted by Gasteiger charge is -2.18. The molecule has 116 valence electrons. The normalized spacial score (nSPS) is 16.1. The summed E-state index contributed by atoms with van der Waals surface area (Å²) < 4.78 is 33.0. The lowest BCUT2D eigenvalue weighted by molar-refractivity contribution is 0.157. The first-order chi connectivity index (χ1) is 12.0. The van der Waals surface area contributed by atoms with Gasteiger partial charge in [-0.25, -0.2) is 14.4 Å². The summed E-state index contributed by atoms with van der Waals surface area (Å²) in [5.41, 5.74) is 3.95. The van der Waals surface area contributed by atoms with Gasteiger partial charge in [0.2, 0.25) is 5.95 Å².